The first-order chi connectivity index (χ1) is 12.3. The Labute approximate surface area is 150 Å². The predicted molar refractivity (Wildman–Crippen MR) is 101 cm³/mol. The number of carbonyl (C=O) groups is 2. The van der Waals surface area contributed by atoms with Crippen molar-refractivity contribution in [3.63, 3.8) is 0 Å². The molecular weight excluding hydrogens is 334 g/mol. The van der Waals surface area contributed by atoms with E-state index in [1.165, 1.54) is 24.3 Å². The van der Waals surface area contributed by atoms with Crippen molar-refractivity contribution in [1.29, 1.82) is 0 Å². The first-order valence-corrected chi connectivity index (χ1v) is 7.99. The van der Waals surface area contributed by atoms with Crippen molar-refractivity contribution < 1.29 is 14.5 Å². The van der Waals surface area contributed by atoms with E-state index in [4.69, 9.17) is 0 Å². The molecular formula is C19H19N3O4. The van der Waals surface area contributed by atoms with Gasteiger partial charge < -0.3 is 10.6 Å². The fraction of sp³-hybridized carbons (Fsp3) is 0.158. The van der Waals surface area contributed by atoms with Gasteiger partial charge in [0.15, 0.2) is 0 Å². The highest BCUT2D eigenvalue weighted by Crippen LogP contribution is 2.17. The monoisotopic (exact) mass is 353 g/mol. The average Bonchev–Trinajstić information content (AvgIpc) is 2.60. The maximum absolute atomic E-state index is 12.0. The van der Waals surface area contributed by atoms with E-state index in [0.29, 0.717) is 16.9 Å². The highest BCUT2D eigenvalue weighted by atomic mass is 16.6. The summed E-state index contributed by atoms with van der Waals surface area (Å²) in [5, 5.41) is 16.2. The second-order valence-corrected chi connectivity index (χ2v) is 5.90. The molecule has 0 radical (unpaired) electrons. The molecule has 0 unspecified atom stereocenters. The molecule has 2 amide bonds. The second kappa shape index (κ2) is 8.57. The SMILES string of the molecule is CC(C)C(=O)Nc1cccc(NC(=O)C=Cc2cccc([N+](=O)[O-])c2)c1. The third kappa shape index (κ3) is 5.55. The van der Waals surface area contributed by atoms with Crippen LogP contribution in [0.25, 0.3) is 6.08 Å². The Kier molecular flexibility index (Phi) is 6.21. The van der Waals surface area contributed by atoms with Gasteiger partial charge in [-0.25, -0.2) is 0 Å². The fourth-order valence-corrected chi connectivity index (χ4v) is 2.06. The van der Waals surface area contributed by atoms with Gasteiger partial charge in [-0.15, -0.1) is 0 Å². The van der Waals surface area contributed by atoms with Crippen LogP contribution in [0.4, 0.5) is 17.1 Å². The summed E-state index contributed by atoms with van der Waals surface area (Å²) in [6, 6.07) is 12.8. The number of carbonyl (C=O) groups excluding carboxylic acids is 2. The molecule has 0 bridgehead atoms. The zero-order valence-corrected chi connectivity index (χ0v) is 14.4. The van der Waals surface area contributed by atoms with E-state index >= 15 is 0 Å². The Balaban J connectivity index is 2.02. The van der Waals surface area contributed by atoms with Crippen LogP contribution in [0.1, 0.15) is 19.4 Å². The van der Waals surface area contributed by atoms with Crippen molar-refractivity contribution in [2.45, 2.75) is 13.8 Å². The Morgan fingerprint density at radius 2 is 1.69 bits per heavy atom. The first kappa shape index (κ1) is 18.9. The largest absolute Gasteiger partial charge is 0.326 e. The fourth-order valence-electron chi connectivity index (χ4n) is 2.06. The van der Waals surface area contributed by atoms with Gasteiger partial charge in [0.2, 0.25) is 11.8 Å². The van der Waals surface area contributed by atoms with Gasteiger partial charge in [0.1, 0.15) is 0 Å². The molecule has 0 atom stereocenters. The standard InChI is InChI=1S/C19H19N3O4/c1-13(2)19(24)21-16-7-4-6-15(12-16)20-18(23)10-9-14-5-3-8-17(11-14)22(25)26/h3-13H,1-2H3,(H,20,23)(H,21,24). The third-order valence-electron chi connectivity index (χ3n) is 3.43. The molecule has 0 heterocycles. The van der Waals surface area contributed by atoms with Crippen LogP contribution in [-0.2, 0) is 9.59 Å². The molecule has 0 saturated heterocycles. The number of nitro groups is 1. The minimum Gasteiger partial charge on any atom is -0.326 e. The number of anilines is 2. The Bertz CT molecular complexity index is 859. The van der Waals surface area contributed by atoms with Gasteiger partial charge in [-0.1, -0.05) is 32.0 Å². The number of rotatable bonds is 6. The molecule has 2 N–H and O–H groups in total. The highest BCUT2D eigenvalue weighted by Gasteiger charge is 2.08. The number of nitrogens with one attached hydrogen (secondary N) is 2. The van der Waals surface area contributed by atoms with E-state index < -0.39 is 4.92 Å². The van der Waals surface area contributed by atoms with E-state index in [-0.39, 0.29) is 23.4 Å². The summed E-state index contributed by atoms with van der Waals surface area (Å²) in [6.07, 6.45) is 2.78. The third-order valence-corrected chi connectivity index (χ3v) is 3.43. The molecule has 2 aromatic carbocycles. The first-order valence-electron chi connectivity index (χ1n) is 7.99. The number of non-ortho nitro benzene ring substituents is 1. The van der Waals surface area contributed by atoms with Gasteiger partial charge in [0, 0.05) is 35.5 Å². The minimum absolute atomic E-state index is 0.0406. The molecule has 0 aromatic heterocycles. The van der Waals surface area contributed by atoms with Crippen LogP contribution in [0.3, 0.4) is 0 Å². The average molecular weight is 353 g/mol. The highest BCUT2D eigenvalue weighted by molar-refractivity contribution is 6.02. The normalized spacial score (nSPS) is 10.7. The maximum Gasteiger partial charge on any atom is 0.270 e. The molecule has 134 valence electrons. The summed E-state index contributed by atoms with van der Waals surface area (Å²) >= 11 is 0. The molecule has 0 aliphatic rings. The molecule has 7 heteroatoms. The molecule has 26 heavy (non-hydrogen) atoms. The summed E-state index contributed by atoms with van der Waals surface area (Å²) in [5.41, 5.74) is 1.62. The molecule has 0 aliphatic carbocycles. The summed E-state index contributed by atoms with van der Waals surface area (Å²) in [7, 11) is 0. The van der Waals surface area contributed by atoms with Crippen molar-refractivity contribution >= 4 is 35.0 Å². The molecule has 0 aliphatic heterocycles. The van der Waals surface area contributed by atoms with E-state index in [2.05, 4.69) is 10.6 Å². The van der Waals surface area contributed by atoms with Crippen molar-refractivity contribution in [1.82, 2.24) is 0 Å². The van der Waals surface area contributed by atoms with Gasteiger partial charge in [-0.3, -0.25) is 19.7 Å². The van der Waals surface area contributed by atoms with Crippen LogP contribution in [0, 0.1) is 16.0 Å². The molecule has 7 nitrogen and oxygen atoms in total. The lowest BCUT2D eigenvalue weighted by Crippen LogP contribution is -2.17. The number of hydrogen-bond acceptors (Lipinski definition) is 4. The van der Waals surface area contributed by atoms with Crippen LogP contribution in [0.5, 0.6) is 0 Å². The van der Waals surface area contributed by atoms with Gasteiger partial charge in [0.05, 0.1) is 4.92 Å². The van der Waals surface area contributed by atoms with Gasteiger partial charge in [0.25, 0.3) is 5.69 Å². The van der Waals surface area contributed by atoms with E-state index in [9.17, 15) is 19.7 Å². The van der Waals surface area contributed by atoms with Crippen molar-refractivity contribution in [3.8, 4) is 0 Å². The smallest absolute Gasteiger partial charge is 0.270 e. The number of benzene rings is 2. The molecule has 2 rings (SSSR count). The van der Waals surface area contributed by atoms with Crippen molar-refractivity contribution in [2.75, 3.05) is 10.6 Å². The predicted octanol–water partition coefficient (Wildman–Crippen LogP) is 3.84. The summed E-state index contributed by atoms with van der Waals surface area (Å²) in [5.74, 6) is -0.644. The summed E-state index contributed by atoms with van der Waals surface area (Å²) < 4.78 is 0. The number of hydrogen-bond donors (Lipinski definition) is 2. The quantitative estimate of drug-likeness (QED) is 0.468. The maximum atomic E-state index is 12.0. The lowest BCUT2D eigenvalue weighted by molar-refractivity contribution is -0.384. The second-order valence-electron chi connectivity index (χ2n) is 5.90. The zero-order chi connectivity index (χ0) is 19.1. The van der Waals surface area contributed by atoms with Gasteiger partial charge in [-0.2, -0.15) is 0 Å². The van der Waals surface area contributed by atoms with E-state index in [1.807, 2.05) is 0 Å². The van der Waals surface area contributed by atoms with Gasteiger partial charge in [-0.05, 0) is 29.8 Å². The molecule has 2 aromatic rings. The van der Waals surface area contributed by atoms with Crippen molar-refractivity contribution in [3.05, 3.63) is 70.3 Å². The Morgan fingerprint density at radius 1 is 1.04 bits per heavy atom. The number of nitro benzene ring substituents is 1. The van der Waals surface area contributed by atoms with Crippen molar-refractivity contribution in [2.24, 2.45) is 5.92 Å². The molecule has 0 spiro atoms. The summed E-state index contributed by atoms with van der Waals surface area (Å²) in [4.78, 5) is 34.0. The molecule has 0 saturated carbocycles. The minimum atomic E-state index is -0.492. The van der Waals surface area contributed by atoms with E-state index in [1.54, 1.807) is 50.2 Å². The number of nitrogens with zero attached hydrogens (tertiary/aromatic N) is 1. The molecule has 0 fully saturated rings. The lowest BCUT2D eigenvalue weighted by Gasteiger charge is -2.09. The van der Waals surface area contributed by atoms with Crippen LogP contribution in [0.2, 0.25) is 0 Å². The Hall–Kier alpha value is -3.48. The van der Waals surface area contributed by atoms with Crippen LogP contribution in [-0.4, -0.2) is 16.7 Å². The van der Waals surface area contributed by atoms with Crippen LogP contribution < -0.4 is 10.6 Å². The summed E-state index contributed by atoms with van der Waals surface area (Å²) in [6.45, 7) is 3.58. The van der Waals surface area contributed by atoms with Crippen LogP contribution in [0.15, 0.2) is 54.6 Å². The van der Waals surface area contributed by atoms with Crippen LogP contribution >= 0.6 is 0 Å². The number of amides is 2. The topological polar surface area (TPSA) is 101 Å². The zero-order valence-electron chi connectivity index (χ0n) is 14.4. The van der Waals surface area contributed by atoms with E-state index in [0.717, 1.165) is 0 Å². The lowest BCUT2D eigenvalue weighted by atomic mass is 10.2. The Morgan fingerprint density at radius 3 is 2.35 bits per heavy atom. The van der Waals surface area contributed by atoms with Gasteiger partial charge >= 0.3 is 0 Å².